The van der Waals surface area contributed by atoms with E-state index in [1.54, 1.807) is 0 Å². The van der Waals surface area contributed by atoms with Gasteiger partial charge in [-0.2, -0.15) is 0 Å². The Balaban J connectivity index is 2.42. The molecule has 1 aliphatic heterocycles. The molecule has 0 aromatic rings. The smallest absolute Gasteiger partial charge is 0.335 e. The first kappa shape index (κ1) is 11.5. The molecule has 0 saturated carbocycles. The Bertz CT molecular complexity index is 207. The highest BCUT2D eigenvalue weighted by Gasteiger charge is 2.39. The molecule has 0 bridgehead atoms. The first-order chi connectivity index (χ1) is 6.44. The molecule has 1 heterocycles. The lowest BCUT2D eigenvalue weighted by atomic mass is 9.91. The van der Waals surface area contributed by atoms with Gasteiger partial charge in [0.25, 0.3) is 0 Å². The zero-order valence-electron chi connectivity index (χ0n) is 8.86. The Morgan fingerprint density at radius 1 is 1.43 bits per heavy atom. The van der Waals surface area contributed by atoms with Gasteiger partial charge in [-0.05, 0) is 18.8 Å². The van der Waals surface area contributed by atoms with E-state index in [0.717, 1.165) is 6.54 Å². The van der Waals surface area contributed by atoms with Gasteiger partial charge in [0.1, 0.15) is 0 Å². The predicted octanol–water partition coefficient (Wildman–Crippen LogP) is 0.554. The van der Waals surface area contributed by atoms with Crippen molar-refractivity contribution in [1.82, 2.24) is 4.90 Å². The van der Waals surface area contributed by atoms with Gasteiger partial charge in [-0.1, -0.05) is 13.8 Å². The summed E-state index contributed by atoms with van der Waals surface area (Å²) in [5, 5.41) is 18.5. The summed E-state index contributed by atoms with van der Waals surface area (Å²) in [5.41, 5.74) is -1.48. The fourth-order valence-electron chi connectivity index (χ4n) is 1.84. The summed E-state index contributed by atoms with van der Waals surface area (Å²) >= 11 is 0. The average molecular weight is 201 g/mol. The maximum Gasteiger partial charge on any atom is 0.335 e. The van der Waals surface area contributed by atoms with Crippen molar-refractivity contribution < 1.29 is 15.0 Å². The minimum Gasteiger partial charge on any atom is -0.479 e. The van der Waals surface area contributed by atoms with E-state index in [1.807, 2.05) is 0 Å². The monoisotopic (exact) mass is 201 g/mol. The number of carboxylic acid groups (broad SMARTS) is 1. The standard InChI is InChI=1S/C10H19NO3/c1-8(2)7-11-5-3-10(14,4-6-11)9(12)13/h8,14H,3-7H2,1-2H3,(H,12,13). The van der Waals surface area contributed by atoms with Crippen LogP contribution in [0.1, 0.15) is 26.7 Å². The minimum absolute atomic E-state index is 0.342. The van der Waals surface area contributed by atoms with Crippen molar-refractivity contribution >= 4 is 5.97 Å². The van der Waals surface area contributed by atoms with Gasteiger partial charge in [-0.3, -0.25) is 0 Å². The molecule has 0 spiro atoms. The van der Waals surface area contributed by atoms with E-state index in [0.29, 0.717) is 31.8 Å². The molecule has 14 heavy (non-hydrogen) atoms. The van der Waals surface area contributed by atoms with Crippen LogP contribution in [0.3, 0.4) is 0 Å². The van der Waals surface area contributed by atoms with Gasteiger partial charge in [0.2, 0.25) is 0 Å². The van der Waals surface area contributed by atoms with Crippen LogP contribution in [0.4, 0.5) is 0 Å². The van der Waals surface area contributed by atoms with Crippen molar-refractivity contribution in [2.45, 2.75) is 32.3 Å². The molecule has 1 rings (SSSR count). The van der Waals surface area contributed by atoms with E-state index < -0.39 is 11.6 Å². The molecule has 1 saturated heterocycles. The van der Waals surface area contributed by atoms with Crippen molar-refractivity contribution in [1.29, 1.82) is 0 Å². The Labute approximate surface area is 84.5 Å². The summed E-state index contributed by atoms with van der Waals surface area (Å²) in [6.07, 6.45) is 0.685. The quantitative estimate of drug-likeness (QED) is 0.700. The van der Waals surface area contributed by atoms with Crippen LogP contribution in [0, 0.1) is 5.92 Å². The molecule has 0 aromatic carbocycles. The number of hydrogen-bond acceptors (Lipinski definition) is 3. The van der Waals surface area contributed by atoms with Crippen LogP contribution in [0.15, 0.2) is 0 Å². The molecule has 0 unspecified atom stereocenters. The first-order valence-corrected chi connectivity index (χ1v) is 5.12. The van der Waals surface area contributed by atoms with Crippen LogP contribution in [-0.4, -0.2) is 46.3 Å². The summed E-state index contributed by atoms with van der Waals surface area (Å²) < 4.78 is 0. The van der Waals surface area contributed by atoms with Crippen LogP contribution in [0.2, 0.25) is 0 Å². The van der Waals surface area contributed by atoms with Gasteiger partial charge < -0.3 is 15.1 Å². The van der Waals surface area contributed by atoms with Gasteiger partial charge in [0, 0.05) is 19.6 Å². The van der Waals surface area contributed by atoms with Crippen molar-refractivity contribution in [3.8, 4) is 0 Å². The molecule has 82 valence electrons. The molecular weight excluding hydrogens is 182 g/mol. The third-order valence-corrected chi connectivity index (χ3v) is 2.70. The number of rotatable bonds is 3. The van der Waals surface area contributed by atoms with E-state index in [4.69, 9.17) is 5.11 Å². The molecule has 4 heteroatoms. The minimum atomic E-state index is -1.48. The average Bonchev–Trinajstić information content (AvgIpc) is 2.08. The third-order valence-electron chi connectivity index (χ3n) is 2.70. The van der Waals surface area contributed by atoms with E-state index >= 15 is 0 Å². The summed E-state index contributed by atoms with van der Waals surface area (Å²) in [4.78, 5) is 12.9. The van der Waals surface area contributed by atoms with E-state index in [1.165, 1.54) is 0 Å². The second-order valence-electron chi connectivity index (χ2n) is 4.53. The normalized spacial score (nSPS) is 22.6. The topological polar surface area (TPSA) is 60.8 Å². The summed E-state index contributed by atoms with van der Waals surface area (Å²) in [7, 11) is 0. The second-order valence-corrected chi connectivity index (χ2v) is 4.53. The largest absolute Gasteiger partial charge is 0.479 e. The number of piperidine rings is 1. The fourth-order valence-corrected chi connectivity index (χ4v) is 1.84. The Morgan fingerprint density at radius 3 is 2.29 bits per heavy atom. The zero-order valence-corrected chi connectivity index (χ0v) is 8.86. The molecular formula is C10H19NO3. The van der Waals surface area contributed by atoms with Gasteiger partial charge in [0.15, 0.2) is 5.60 Å². The molecule has 1 aliphatic rings. The maximum atomic E-state index is 10.7. The molecule has 0 aliphatic carbocycles. The number of aliphatic hydroxyl groups is 1. The number of hydrogen-bond donors (Lipinski definition) is 2. The van der Waals surface area contributed by atoms with Gasteiger partial charge in [-0.25, -0.2) is 4.79 Å². The lowest BCUT2D eigenvalue weighted by Crippen LogP contribution is -2.49. The highest BCUT2D eigenvalue weighted by atomic mass is 16.4. The maximum absolute atomic E-state index is 10.7. The molecule has 0 aromatic heterocycles. The second kappa shape index (κ2) is 4.28. The van der Waals surface area contributed by atoms with Crippen LogP contribution in [0.25, 0.3) is 0 Å². The summed E-state index contributed by atoms with van der Waals surface area (Å²) in [6.45, 7) is 6.62. The molecule has 0 amide bonds. The number of nitrogens with zero attached hydrogens (tertiary/aromatic N) is 1. The van der Waals surface area contributed by atoms with E-state index in [2.05, 4.69) is 18.7 Å². The van der Waals surface area contributed by atoms with Gasteiger partial charge >= 0.3 is 5.97 Å². The number of likely N-dealkylation sites (tertiary alicyclic amines) is 1. The molecule has 0 atom stereocenters. The molecule has 2 N–H and O–H groups in total. The number of carbonyl (C=O) groups is 1. The molecule has 1 fully saturated rings. The molecule has 4 nitrogen and oxygen atoms in total. The van der Waals surface area contributed by atoms with Crippen molar-refractivity contribution in [3.05, 3.63) is 0 Å². The Morgan fingerprint density at radius 2 is 1.93 bits per heavy atom. The highest BCUT2D eigenvalue weighted by Crippen LogP contribution is 2.22. The van der Waals surface area contributed by atoms with E-state index in [-0.39, 0.29) is 0 Å². The van der Waals surface area contributed by atoms with Crippen LogP contribution in [-0.2, 0) is 4.79 Å². The lowest BCUT2D eigenvalue weighted by Gasteiger charge is -2.36. The van der Waals surface area contributed by atoms with Crippen LogP contribution < -0.4 is 0 Å². The van der Waals surface area contributed by atoms with E-state index in [9.17, 15) is 9.90 Å². The van der Waals surface area contributed by atoms with Crippen LogP contribution in [0.5, 0.6) is 0 Å². The summed E-state index contributed by atoms with van der Waals surface area (Å²) in [6, 6.07) is 0. The predicted molar refractivity (Wildman–Crippen MR) is 53.1 cm³/mol. The number of aliphatic carboxylic acids is 1. The van der Waals surface area contributed by atoms with Crippen molar-refractivity contribution in [2.24, 2.45) is 5.92 Å². The highest BCUT2D eigenvalue weighted by molar-refractivity contribution is 5.77. The Kier molecular flexibility index (Phi) is 3.50. The Hall–Kier alpha value is -0.610. The zero-order chi connectivity index (χ0) is 10.8. The van der Waals surface area contributed by atoms with Crippen LogP contribution >= 0.6 is 0 Å². The fraction of sp³-hybridized carbons (Fsp3) is 0.900. The first-order valence-electron chi connectivity index (χ1n) is 5.12. The number of carboxylic acids is 1. The summed E-state index contributed by atoms with van der Waals surface area (Å²) in [5.74, 6) is -0.493. The van der Waals surface area contributed by atoms with Gasteiger partial charge in [0.05, 0.1) is 0 Å². The van der Waals surface area contributed by atoms with Gasteiger partial charge in [-0.15, -0.1) is 0 Å². The van der Waals surface area contributed by atoms with Crippen molar-refractivity contribution in [3.63, 3.8) is 0 Å². The third kappa shape index (κ3) is 2.69. The van der Waals surface area contributed by atoms with Crippen molar-refractivity contribution in [2.75, 3.05) is 19.6 Å². The molecule has 0 radical (unpaired) electrons. The SMILES string of the molecule is CC(C)CN1CCC(O)(C(=O)O)CC1. The lowest BCUT2D eigenvalue weighted by molar-refractivity contribution is -0.163.